The van der Waals surface area contributed by atoms with Crippen molar-refractivity contribution in [3.63, 3.8) is 0 Å². The normalized spacial score (nSPS) is 26.2. The minimum atomic E-state index is -0.303. The van der Waals surface area contributed by atoms with E-state index >= 15 is 0 Å². The van der Waals surface area contributed by atoms with Crippen LogP contribution in [0.2, 0.25) is 0 Å². The van der Waals surface area contributed by atoms with Crippen molar-refractivity contribution in [3.05, 3.63) is 35.9 Å². The average Bonchev–Trinajstić information content (AvgIpc) is 3.02. The van der Waals surface area contributed by atoms with Crippen molar-refractivity contribution in [1.29, 1.82) is 0 Å². The van der Waals surface area contributed by atoms with Gasteiger partial charge in [-0.05, 0) is 24.3 Å². The summed E-state index contributed by atoms with van der Waals surface area (Å²) in [4.78, 5) is 28.6. The van der Waals surface area contributed by atoms with Gasteiger partial charge in [-0.15, -0.1) is 0 Å². The van der Waals surface area contributed by atoms with Crippen LogP contribution in [0.1, 0.15) is 31.2 Å². The summed E-state index contributed by atoms with van der Waals surface area (Å²) in [6.07, 6.45) is 2.92. The molecule has 1 unspecified atom stereocenters. The highest BCUT2D eigenvalue weighted by Crippen LogP contribution is 2.33. The minimum absolute atomic E-state index is 0.171. The third kappa shape index (κ3) is 4.50. The van der Waals surface area contributed by atoms with Gasteiger partial charge >= 0.3 is 0 Å². The SMILES string of the molecule is O=C1CC(CN2CCC3(CC2)CC(=O)N(Cc2ccccc2)CCO3)CN1. The summed E-state index contributed by atoms with van der Waals surface area (Å²) >= 11 is 0. The number of nitrogens with zero attached hydrogens (tertiary/aromatic N) is 2. The molecule has 1 aromatic carbocycles. The van der Waals surface area contributed by atoms with E-state index in [0.717, 1.165) is 44.6 Å². The van der Waals surface area contributed by atoms with Crippen LogP contribution in [0.15, 0.2) is 30.3 Å². The Bertz CT molecular complexity index is 671. The maximum atomic E-state index is 12.9. The van der Waals surface area contributed by atoms with Gasteiger partial charge in [-0.2, -0.15) is 0 Å². The summed E-state index contributed by atoms with van der Waals surface area (Å²) in [7, 11) is 0. The molecule has 2 amide bonds. The second-order valence-electron chi connectivity index (χ2n) is 8.18. The molecule has 146 valence electrons. The predicted octanol–water partition coefficient (Wildman–Crippen LogP) is 1.41. The van der Waals surface area contributed by atoms with E-state index in [1.54, 1.807) is 0 Å². The van der Waals surface area contributed by atoms with Crippen molar-refractivity contribution in [1.82, 2.24) is 15.1 Å². The van der Waals surface area contributed by atoms with Gasteiger partial charge in [0.25, 0.3) is 0 Å². The fraction of sp³-hybridized carbons (Fsp3) is 0.619. The number of hydrogen-bond acceptors (Lipinski definition) is 4. The Morgan fingerprint density at radius 3 is 2.59 bits per heavy atom. The van der Waals surface area contributed by atoms with Gasteiger partial charge in [0.05, 0.1) is 18.6 Å². The van der Waals surface area contributed by atoms with Crippen LogP contribution < -0.4 is 5.32 Å². The molecule has 6 heteroatoms. The smallest absolute Gasteiger partial charge is 0.225 e. The van der Waals surface area contributed by atoms with Crippen LogP contribution in [0, 0.1) is 5.92 Å². The number of carbonyl (C=O) groups is 2. The van der Waals surface area contributed by atoms with Crippen molar-refractivity contribution >= 4 is 11.8 Å². The molecule has 1 aromatic rings. The van der Waals surface area contributed by atoms with E-state index < -0.39 is 0 Å². The maximum absolute atomic E-state index is 12.9. The molecule has 3 fully saturated rings. The largest absolute Gasteiger partial charge is 0.373 e. The number of hydrogen-bond donors (Lipinski definition) is 1. The lowest BCUT2D eigenvalue weighted by Gasteiger charge is -2.41. The highest BCUT2D eigenvalue weighted by Gasteiger charge is 2.41. The van der Waals surface area contributed by atoms with Crippen molar-refractivity contribution in [2.24, 2.45) is 5.92 Å². The molecule has 3 aliphatic heterocycles. The molecule has 3 heterocycles. The van der Waals surface area contributed by atoms with E-state index in [2.05, 4.69) is 22.3 Å². The molecule has 3 saturated heterocycles. The van der Waals surface area contributed by atoms with Gasteiger partial charge in [0.15, 0.2) is 0 Å². The van der Waals surface area contributed by atoms with E-state index in [9.17, 15) is 9.59 Å². The minimum Gasteiger partial charge on any atom is -0.373 e. The first-order chi connectivity index (χ1) is 13.1. The molecule has 0 bridgehead atoms. The first-order valence-corrected chi connectivity index (χ1v) is 10.1. The van der Waals surface area contributed by atoms with Gasteiger partial charge in [-0.1, -0.05) is 30.3 Å². The first-order valence-electron chi connectivity index (χ1n) is 10.1. The topological polar surface area (TPSA) is 61.9 Å². The molecule has 1 N–H and O–H groups in total. The van der Waals surface area contributed by atoms with Gasteiger partial charge < -0.3 is 19.9 Å². The molecule has 1 spiro atoms. The number of ether oxygens (including phenoxy) is 1. The Morgan fingerprint density at radius 2 is 1.89 bits per heavy atom. The Labute approximate surface area is 160 Å². The molecular weight excluding hydrogens is 342 g/mol. The van der Waals surface area contributed by atoms with Gasteiger partial charge in [0.1, 0.15) is 0 Å². The number of likely N-dealkylation sites (tertiary alicyclic amines) is 1. The zero-order valence-electron chi connectivity index (χ0n) is 15.9. The lowest BCUT2D eigenvalue weighted by Crippen LogP contribution is -2.48. The Hall–Kier alpha value is -1.92. The fourth-order valence-corrected chi connectivity index (χ4v) is 4.53. The first kappa shape index (κ1) is 18.4. The lowest BCUT2D eigenvalue weighted by molar-refractivity contribution is -0.136. The van der Waals surface area contributed by atoms with Crippen molar-refractivity contribution in [2.75, 3.05) is 39.3 Å². The third-order valence-corrected chi connectivity index (χ3v) is 6.16. The number of rotatable bonds is 4. The summed E-state index contributed by atoms with van der Waals surface area (Å²) in [6, 6.07) is 10.2. The second kappa shape index (κ2) is 7.98. The molecule has 0 radical (unpaired) electrons. The van der Waals surface area contributed by atoms with E-state index in [1.807, 2.05) is 23.1 Å². The Kier molecular flexibility index (Phi) is 5.45. The van der Waals surface area contributed by atoms with Crippen LogP contribution >= 0.6 is 0 Å². The van der Waals surface area contributed by atoms with Crippen molar-refractivity contribution in [3.8, 4) is 0 Å². The van der Waals surface area contributed by atoms with Crippen LogP contribution in [0.4, 0.5) is 0 Å². The molecule has 6 nitrogen and oxygen atoms in total. The molecule has 1 atom stereocenters. The summed E-state index contributed by atoms with van der Waals surface area (Å²) in [6.45, 7) is 5.57. The number of piperidine rings is 1. The van der Waals surface area contributed by atoms with Gasteiger partial charge in [0.2, 0.25) is 11.8 Å². The summed E-state index contributed by atoms with van der Waals surface area (Å²) < 4.78 is 6.25. The molecular formula is C21H29N3O3. The lowest BCUT2D eigenvalue weighted by atomic mass is 9.87. The van der Waals surface area contributed by atoms with E-state index in [-0.39, 0.29) is 17.4 Å². The predicted molar refractivity (Wildman–Crippen MR) is 102 cm³/mol. The number of amides is 2. The highest BCUT2D eigenvalue weighted by atomic mass is 16.5. The van der Waals surface area contributed by atoms with E-state index in [1.165, 1.54) is 0 Å². The quantitative estimate of drug-likeness (QED) is 0.869. The van der Waals surface area contributed by atoms with Crippen LogP contribution in [-0.2, 0) is 20.9 Å². The van der Waals surface area contributed by atoms with E-state index in [4.69, 9.17) is 4.74 Å². The molecule has 0 saturated carbocycles. The number of benzene rings is 1. The standard InChI is InChI=1S/C21H29N3O3/c25-19-12-18(14-22-19)15-23-8-6-21(7-9-23)13-20(26)24(10-11-27-21)16-17-4-2-1-3-5-17/h1-5,18H,6-16H2,(H,22,25). The number of carbonyl (C=O) groups excluding carboxylic acids is 2. The van der Waals surface area contributed by atoms with Crippen LogP contribution in [-0.4, -0.2) is 66.5 Å². The zero-order valence-corrected chi connectivity index (χ0v) is 15.9. The second-order valence-corrected chi connectivity index (χ2v) is 8.18. The fourth-order valence-electron chi connectivity index (χ4n) is 4.53. The van der Waals surface area contributed by atoms with Crippen LogP contribution in [0.5, 0.6) is 0 Å². The monoisotopic (exact) mass is 371 g/mol. The molecule has 4 rings (SSSR count). The third-order valence-electron chi connectivity index (χ3n) is 6.16. The Morgan fingerprint density at radius 1 is 1.11 bits per heavy atom. The molecule has 3 aliphatic rings. The molecule has 27 heavy (non-hydrogen) atoms. The summed E-state index contributed by atoms with van der Waals surface area (Å²) in [5.41, 5.74) is 0.860. The average molecular weight is 371 g/mol. The number of nitrogens with one attached hydrogen (secondary N) is 1. The summed E-state index contributed by atoms with van der Waals surface area (Å²) in [5, 5.41) is 2.91. The highest BCUT2D eigenvalue weighted by molar-refractivity contribution is 5.78. The molecule has 0 aromatic heterocycles. The van der Waals surface area contributed by atoms with Gasteiger partial charge in [-0.3, -0.25) is 9.59 Å². The van der Waals surface area contributed by atoms with Crippen LogP contribution in [0.3, 0.4) is 0 Å². The maximum Gasteiger partial charge on any atom is 0.225 e. The van der Waals surface area contributed by atoms with Gasteiger partial charge in [-0.25, -0.2) is 0 Å². The van der Waals surface area contributed by atoms with Gasteiger partial charge in [0, 0.05) is 45.7 Å². The Balaban J connectivity index is 1.31. The molecule has 0 aliphatic carbocycles. The zero-order chi connectivity index (χ0) is 18.7. The summed E-state index contributed by atoms with van der Waals surface area (Å²) in [5.74, 6) is 0.796. The van der Waals surface area contributed by atoms with Crippen molar-refractivity contribution < 1.29 is 14.3 Å². The van der Waals surface area contributed by atoms with Crippen LogP contribution in [0.25, 0.3) is 0 Å². The van der Waals surface area contributed by atoms with E-state index in [0.29, 0.717) is 38.5 Å². The van der Waals surface area contributed by atoms with Crippen molar-refractivity contribution in [2.45, 2.75) is 37.8 Å².